The van der Waals surface area contributed by atoms with E-state index in [1.165, 1.54) is 4.88 Å². The van der Waals surface area contributed by atoms with Crippen molar-refractivity contribution in [2.75, 3.05) is 19.6 Å². The minimum atomic E-state index is -0.197. The first-order chi connectivity index (χ1) is 11.1. The Labute approximate surface area is 141 Å². The number of thiophene rings is 1. The number of likely N-dealkylation sites (tertiary alicyclic amines) is 2. The molecule has 2 amide bonds. The van der Waals surface area contributed by atoms with Crippen LogP contribution in [0.2, 0.25) is 0 Å². The van der Waals surface area contributed by atoms with Crippen LogP contribution in [0.3, 0.4) is 0 Å². The summed E-state index contributed by atoms with van der Waals surface area (Å²) in [6, 6.07) is 4.42. The van der Waals surface area contributed by atoms with Crippen molar-refractivity contribution in [1.29, 1.82) is 0 Å². The van der Waals surface area contributed by atoms with Crippen LogP contribution in [0, 0.1) is 0 Å². The number of hydrogen-bond acceptors (Lipinski definition) is 4. The first-order valence-corrected chi connectivity index (χ1v) is 9.38. The van der Waals surface area contributed by atoms with Crippen molar-refractivity contribution in [3.63, 3.8) is 0 Å². The van der Waals surface area contributed by atoms with E-state index in [0.29, 0.717) is 12.5 Å². The highest BCUT2D eigenvalue weighted by atomic mass is 32.1. The van der Waals surface area contributed by atoms with Gasteiger partial charge < -0.3 is 10.6 Å². The smallest absolute Gasteiger partial charge is 0.234 e. The van der Waals surface area contributed by atoms with E-state index in [-0.39, 0.29) is 17.9 Å². The summed E-state index contributed by atoms with van der Waals surface area (Å²) in [5, 5.41) is 2.05. The molecule has 0 aliphatic carbocycles. The van der Waals surface area contributed by atoms with Gasteiger partial charge in [0.05, 0.1) is 6.04 Å². The second-order valence-corrected chi connectivity index (χ2v) is 7.52. The number of nitrogens with zero attached hydrogens (tertiary/aromatic N) is 2. The summed E-state index contributed by atoms with van der Waals surface area (Å²) in [5.74, 6) is 0.0571. The summed E-state index contributed by atoms with van der Waals surface area (Å²) < 4.78 is 0. The van der Waals surface area contributed by atoms with E-state index in [2.05, 4.69) is 16.3 Å². The lowest BCUT2D eigenvalue weighted by atomic mass is 10.0. The van der Waals surface area contributed by atoms with Gasteiger partial charge in [-0.3, -0.25) is 14.5 Å². The van der Waals surface area contributed by atoms with Crippen LogP contribution in [0.4, 0.5) is 0 Å². The molecule has 2 saturated heterocycles. The SMILES string of the molecule is NC(=O)[C@@H]1CCCN1C1CCN(C(=O)CCc2cccs2)CC1. The summed E-state index contributed by atoms with van der Waals surface area (Å²) in [6.07, 6.45) is 5.27. The number of hydrogen-bond donors (Lipinski definition) is 1. The lowest BCUT2D eigenvalue weighted by molar-refractivity contribution is -0.133. The Balaban J connectivity index is 1.46. The molecule has 126 valence electrons. The van der Waals surface area contributed by atoms with Gasteiger partial charge >= 0.3 is 0 Å². The Morgan fingerprint density at radius 1 is 1.22 bits per heavy atom. The number of rotatable bonds is 5. The average molecular weight is 335 g/mol. The van der Waals surface area contributed by atoms with E-state index in [4.69, 9.17) is 5.73 Å². The fourth-order valence-corrected chi connectivity index (χ4v) is 4.53. The third-order valence-corrected chi connectivity index (χ3v) is 6.01. The summed E-state index contributed by atoms with van der Waals surface area (Å²) >= 11 is 1.71. The van der Waals surface area contributed by atoms with Gasteiger partial charge in [-0.1, -0.05) is 6.07 Å². The molecular formula is C17H25N3O2S. The van der Waals surface area contributed by atoms with Gasteiger partial charge in [0.2, 0.25) is 11.8 Å². The van der Waals surface area contributed by atoms with Crippen molar-refractivity contribution in [1.82, 2.24) is 9.80 Å². The molecule has 0 aromatic carbocycles. The van der Waals surface area contributed by atoms with Gasteiger partial charge in [-0.2, -0.15) is 0 Å². The molecule has 1 aromatic heterocycles. The van der Waals surface area contributed by atoms with E-state index in [9.17, 15) is 9.59 Å². The molecule has 3 heterocycles. The summed E-state index contributed by atoms with van der Waals surface area (Å²) in [7, 11) is 0. The topological polar surface area (TPSA) is 66.6 Å². The van der Waals surface area contributed by atoms with Crippen LogP contribution in [-0.4, -0.2) is 53.3 Å². The molecule has 5 nitrogen and oxygen atoms in total. The van der Waals surface area contributed by atoms with E-state index in [0.717, 1.165) is 51.7 Å². The molecular weight excluding hydrogens is 310 g/mol. The number of primary amides is 1. The van der Waals surface area contributed by atoms with Crippen LogP contribution in [0.15, 0.2) is 17.5 Å². The van der Waals surface area contributed by atoms with Crippen molar-refractivity contribution in [2.24, 2.45) is 5.73 Å². The minimum Gasteiger partial charge on any atom is -0.368 e. The third kappa shape index (κ3) is 3.93. The first kappa shape index (κ1) is 16.5. The van der Waals surface area contributed by atoms with Crippen molar-refractivity contribution in [2.45, 2.75) is 50.6 Å². The number of piperidine rings is 1. The number of amides is 2. The summed E-state index contributed by atoms with van der Waals surface area (Å²) in [6.45, 7) is 2.57. The predicted molar refractivity (Wildman–Crippen MR) is 91.2 cm³/mol. The van der Waals surface area contributed by atoms with Gasteiger partial charge in [-0.15, -0.1) is 11.3 Å². The van der Waals surface area contributed by atoms with Gasteiger partial charge in [-0.05, 0) is 50.1 Å². The molecule has 0 bridgehead atoms. The van der Waals surface area contributed by atoms with E-state index in [1.807, 2.05) is 11.0 Å². The largest absolute Gasteiger partial charge is 0.368 e. The Bertz CT molecular complexity index is 538. The minimum absolute atomic E-state index is 0.0962. The third-order valence-electron chi connectivity index (χ3n) is 5.07. The van der Waals surface area contributed by atoms with Crippen LogP contribution in [0.25, 0.3) is 0 Å². The zero-order valence-corrected chi connectivity index (χ0v) is 14.3. The zero-order valence-electron chi connectivity index (χ0n) is 13.4. The molecule has 1 aromatic rings. The van der Waals surface area contributed by atoms with Crippen LogP contribution >= 0.6 is 11.3 Å². The van der Waals surface area contributed by atoms with Gasteiger partial charge in [-0.25, -0.2) is 0 Å². The molecule has 2 N–H and O–H groups in total. The fourth-order valence-electron chi connectivity index (χ4n) is 3.82. The lowest BCUT2D eigenvalue weighted by Gasteiger charge is -2.38. The number of carbonyl (C=O) groups excluding carboxylic acids is 2. The fraction of sp³-hybridized carbons (Fsp3) is 0.647. The lowest BCUT2D eigenvalue weighted by Crippen LogP contribution is -2.51. The van der Waals surface area contributed by atoms with Crippen LogP contribution < -0.4 is 5.73 Å². The van der Waals surface area contributed by atoms with E-state index < -0.39 is 0 Å². The van der Waals surface area contributed by atoms with E-state index >= 15 is 0 Å². The standard InChI is InChI=1S/C17H25N3O2S/c18-17(22)15-4-1-9-20(15)13-7-10-19(11-8-13)16(21)6-5-14-3-2-12-23-14/h2-3,12-13,15H,1,4-11H2,(H2,18,22)/t15-/m0/s1. The molecule has 23 heavy (non-hydrogen) atoms. The number of nitrogens with two attached hydrogens (primary N) is 1. The Hall–Kier alpha value is -1.40. The maximum atomic E-state index is 12.3. The first-order valence-electron chi connectivity index (χ1n) is 8.50. The number of carbonyl (C=O) groups is 2. The molecule has 6 heteroatoms. The number of aryl methyl sites for hydroxylation is 1. The predicted octanol–water partition coefficient (Wildman–Crippen LogP) is 1.62. The molecule has 2 aliphatic heterocycles. The molecule has 0 radical (unpaired) electrons. The van der Waals surface area contributed by atoms with E-state index in [1.54, 1.807) is 11.3 Å². The maximum absolute atomic E-state index is 12.3. The van der Waals surface area contributed by atoms with Gasteiger partial charge in [0.1, 0.15) is 0 Å². The van der Waals surface area contributed by atoms with Gasteiger partial charge in [0, 0.05) is 30.4 Å². The Morgan fingerprint density at radius 2 is 2.00 bits per heavy atom. The quantitative estimate of drug-likeness (QED) is 0.889. The summed E-state index contributed by atoms with van der Waals surface area (Å²) in [5.41, 5.74) is 5.51. The van der Waals surface area contributed by atoms with Crippen LogP contribution in [0.1, 0.15) is 37.0 Å². The molecule has 1 atom stereocenters. The molecule has 2 aliphatic rings. The van der Waals surface area contributed by atoms with Crippen molar-refractivity contribution < 1.29 is 9.59 Å². The second-order valence-electron chi connectivity index (χ2n) is 6.49. The Morgan fingerprint density at radius 3 is 2.65 bits per heavy atom. The van der Waals surface area contributed by atoms with Crippen molar-refractivity contribution in [3.8, 4) is 0 Å². The van der Waals surface area contributed by atoms with Gasteiger partial charge in [0.25, 0.3) is 0 Å². The molecule has 2 fully saturated rings. The van der Waals surface area contributed by atoms with Crippen LogP contribution in [0.5, 0.6) is 0 Å². The zero-order chi connectivity index (χ0) is 16.2. The highest BCUT2D eigenvalue weighted by Gasteiger charge is 2.36. The average Bonchev–Trinajstić information content (AvgIpc) is 3.24. The normalized spacial score (nSPS) is 23.3. The molecule has 0 unspecified atom stereocenters. The van der Waals surface area contributed by atoms with Crippen LogP contribution in [-0.2, 0) is 16.0 Å². The Kier molecular flexibility index (Phi) is 5.33. The highest BCUT2D eigenvalue weighted by Crippen LogP contribution is 2.26. The maximum Gasteiger partial charge on any atom is 0.234 e. The summed E-state index contributed by atoms with van der Waals surface area (Å²) in [4.78, 5) is 29.4. The van der Waals surface area contributed by atoms with Crippen molar-refractivity contribution >= 4 is 23.2 Å². The molecule has 3 rings (SSSR count). The molecule has 0 saturated carbocycles. The van der Waals surface area contributed by atoms with Gasteiger partial charge in [0.15, 0.2) is 0 Å². The second kappa shape index (κ2) is 7.45. The monoisotopic (exact) mass is 335 g/mol. The highest BCUT2D eigenvalue weighted by molar-refractivity contribution is 7.09. The van der Waals surface area contributed by atoms with Crippen molar-refractivity contribution in [3.05, 3.63) is 22.4 Å². The molecule has 0 spiro atoms.